The predicted molar refractivity (Wildman–Crippen MR) is 94.6 cm³/mol. The molecular formula is C17H35N5. The highest BCUT2D eigenvalue weighted by Gasteiger charge is 2.10. The van der Waals surface area contributed by atoms with Crippen molar-refractivity contribution in [2.24, 2.45) is 4.99 Å². The Labute approximate surface area is 136 Å². The summed E-state index contributed by atoms with van der Waals surface area (Å²) in [6.45, 7) is 9.31. The number of likely N-dealkylation sites (tertiary alicyclic amines) is 2. The lowest BCUT2D eigenvalue weighted by atomic mass is 10.1. The molecule has 0 atom stereocenters. The maximum absolute atomic E-state index is 4.33. The molecule has 0 aromatic carbocycles. The van der Waals surface area contributed by atoms with Crippen molar-refractivity contribution in [1.29, 1.82) is 0 Å². The van der Waals surface area contributed by atoms with Crippen LogP contribution in [0.2, 0.25) is 0 Å². The van der Waals surface area contributed by atoms with Gasteiger partial charge in [0.15, 0.2) is 5.96 Å². The molecule has 2 aliphatic heterocycles. The maximum Gasteiger partial charge on any atom is 0.191 e. The van der Waals surface area contributed by atoms with E-state index in [1.807, 2.05) is 7.05 Å². The van der Waals surface area contributed by atoms with Crippen molar-refractivity contribution in [2.75, 3.05) is 59.4 Å². The van der Waals surface area contributed by atoms with Gasteiger partial charge in [0.05, 0.1) is 0 Å². The van der Waals surface area contributed by atoms with E-state index >= 15 is 0 Å². The minimum absolute atomic E-state index is 0.951. The van der Waals surface area contributed by atoms with Gasteiger partial charge in [-0.3, -0.25) is 4.99 Å². The third-order valence-electron chi connectivity index (χ3n) is 4.81. The molecule has 0 spiro atoms. The summed E-state index contributed by atoms with van der Waals surface area (Å²) in [5.74, 6) is 0.951. The molecular weight excluding hydrogens is 274 g/mol. The van der Waals surface area contributed by atoms with Crippen LogP contribution in [0, 0.1) is 0 Å². The molecule has 0 saturated carbocycles. The Bertz CT molecular complexity index is 304. The van der Waals surface area contributed by atoms with E-state index in [0.717, 1.165) is 32.1 Å². The van der Waals surface area contributed by atoms with Gasteiger partial charge < -0.3 is 20.4 Å². The average Bonchev–Trinajstić information content (AvgIpc) is 2.83. The van der Waals surface area contributed by atoms with Gasteiger partial charge >= 0.3 is 0 Å². The number of rotatable bonds is 6. The van der Waals surface area contributed by atoms with Crippen molar-refractivity contribution in [1.82, 2.24) is 20.4 Å². The Hall–Kier alpha value is -0.810. The SMILES string of the molecule is CN=C(NCCN1CCCCCC1)NCCN1CCCCC1. The van der Waals surface area contributed by atoms with Crippen LogP contribution in [0.4, 0.5) is 0 Å². The quantitative estimate of drug-likeness (QED) is 0.577. The topological polar surface area (TPSA) is 42.9 Å². The zero-order valence-electron chi connectivity index (χ0n) is 14.4. The van der Waals surface area contributed by atoms with E-state index in [-0.39, 0.29) is 0 Å². The first-order valence-corrected chi connectivity index (χ1v) is 9.28. The lowest BCUT2D eigenvalue weighted by Crippen LogP contribution is -2.44. The molecule has 5 nitrogen and oxygen atoms in total. The molecule has 0 unspecified atom stereocenters. The molecule has 0 aromatic heterocycles. The highest BCUT2D eigenvalue weighted by molar-refractivity contribution is 5.79. The second-order valence-electron chi connectivity index (χ2n) is 6.58. The van der Waals surface area contributed by atoms with Gasteiger partial charge in [-0.15, -0.1) is 0 Å². The summed E-state index contributed by atoms with van der Waals surface area (Å²) >= 11 is 0. The van der Waals surface area contributed by atoms with E-state index in [1.165, 1.54) is 71.1 Å². The molecule has 2 N–H and O–H groups in total. The van der Waals surface area contributed by atoms with Crippen molar-refractivity contribution in [3.05, 3.63) is 0 Å². The first-order chi connectivity index (χ1) is 10.9. The summed E-state index contributed by atoms with van der Waals surface area (Å²) in [5, 5.41) is 6.90. The zero-order chi connectivity index (χ0) is 15.5. The highest BCUT2D eigenvalue weighted by Crippen LogP contribution is 2.08. The Morgan fingerprint density at radius 1 is 0.727 bits per heavy atom. The van der Waals surface area contributed by atoms with E-state index in [4.69, 9.17) is 0 Å². The minimum Gasteiger partial charge on any atom is -0.355 e. The van der Waals surface area contributed by atoms with Crippen molar-refractivity contribution >= 4 is 5.96 Å². The third-order valence-corrected chi connectivity index (χ3v) is 4.81. The third kappa shape index (κ3) is 6.97. The Morgan fingerprint density at radius 3 is 1.55 bits per heavy atom. The van der Waals surface area contributed by atoms with Crippen LogP contribution in [0.15, 0.2) is 4.99 Å². The lowest BCUT2D eigenvalue weighted by Gasteiger charge is -2.26. The molecule has 2 heterocycles. The van der Waals surface area contributed by atoms with Crippen molar-refractivity contribution < 1.29 is 0 Å². The molecule has 2 rings (SSSR count). The fraction of sp³-hybridized carbons (Fsp3) is 0.941. The van der Waals surface area contributed by atoms with E-state index in [0.29, 0.717) is 0 Å². The number of hydrogen-bond acceptors (Lipinski definition) is 3. The zero-order valence-corrected chi connectivity index (χ0v) is 14.4. The number of aliphatic imine (C=N–C) groups is 1. The molecule has 0 bridgehead atoms. The largest absolute Gasteiger partial charge is 0.355 e. The fourth-order valence-electron chi connectivity index (χ4n) is 3.43. The molecule has 2 aliphatic rings. The molecule has 5 heteroatoms. The first kappa shape index (κ1) is 17.5. The molecule has 22 heavy (non-hydrogen) atoms. The number of hydrogen-bond donors (Lipinski definition) is 2. The number of nitrogens with zero attached hydrogens (tertiary/aromatic N) is 3. The maximum atomic E-state index is 4.33. The van der Waals surface area contributed by atoms with Gasteiger partial charge in [-0.25, -0.2) is 0 Å². The van der Waals surface area contributed by atoms with Gasteiger partial charge in [0, 0.05) is 33.2 Å². The van der Waals surface area contributed by atoms with Gasteiger partial charge in [-0.05, 0) is 51.9 Å². The van der Waals surface area contributed by atoms with E-state index < -0.39 is 0 Å². The summed E-state index contributed by atoms with van der Waals surface area (Å²) in [6, 6.07) is 0. The van der Waals surface area contributed by atoms with Gasteiger partial charge in [0.25, 0.3) is 0 Å². The molecule has 2 saturated heterocycles. The first-order valence-electron chi connectivity index (χ1n) is 9.28. The molecule has 0 aliphatic carbocycles. The van der Waals surface area contributed by atoms with Gasteiger partial charge in [0.1, 0.15) is 0 Å². The molecule has 0 amide bonds. The number of piperidine rings is 1. The monoisotopic (exact) mass is 309 g/mol. The van der Waals surface area contributed by atoms with Crippen LogP contribution >= 0.6 is 0 Å². The normalized spacial score (nSPS) is 22.3. The van der Waals surface area contributed by atoms with Crippen molar-refractivity contribution in [3.63, 3.8) is 0 Å². The van der Waals surface area contributed by atoms with E-state index in [2.05, 4.69) is 25.4 Å². The van der Waals surface area contributed by atoms with E-state index in [9.17, 15) is 0 Å². The summed E-state index contributed by atoms with van der Waals surface area (Å²) in [7, 11) is 1.86. The summed E-state index contributed by atoms with van der Waals surface area (Å²) < 4.78 is 0. The van der Waals surface area contributed by atoms with Crippen LogP contribution in [0.1, 0.15) is 44.9 Å². The van der Waals surface area contributed by atoms with Crippen LogP contribution in [0.25, 0.3) is 0 Å². The van der Waals surface area contributed by atoms with Crippen LogP contribution in [-0.2, 0) is 0 Å². The summed E-state index contributed by atoms with van der Waals surface area (Å²) in [4.78, 5) is 9.47. The number of nitrogens with one attached hydrogen (secondary N) is 2. The second-order valence-corrected chi connectivity index (χ2v) is 6.58. The molecule has 2 fully saturated rings. The fourth-order valence-corrected chi connectivity index (χ4v) is 3.43. The molecule has 0 radical (unpaired) electrons. The second kappa shape index (κ2) is 10.8. The minimum atomic E-state index is 0.951. The highest BCUT2D eigenvalue weighted by atomic mass is 15.2. The van der Waals surface area contributed by atoms with Gasteiger partial charge in [0.2, 0.25) is 0 Å². The number of guanidine groups is 1. The van der Waals surface area contributed by atoms with Gasteiger partial charge in [-0.2, -0.15) is 0 Å². The smallest absolute Gasteiger partial charge is 0.191 e. The van der Waals surface area contributed by atoms with Crippen LogP contribution in [0.5, 0.6) is 0 Å². The molecule has 0 aromatic rings. The lowest BCUT2D eigenvalue weighted by molar-refractivity contribution is 0.232. The summed E-state index contributed by atoms with van der Waals surface area (Å²) in [6.07, 6.45) is 9.67. The van der Waals surface area contributed by atoms with Crippen LogP contribution < -0.4 is 10.6 Å². The summed E-state index contributed by atoms with van der Waals surface area (Å²) in [5.41, 5.74) is 0. The standard InChI is InChI=1S/C17H35N5/c1-18-17(20-10-16-22-13-7-4-8-14-22)19-9-15-21-11-5-2-3-6-12-21/h2-16H2,1H3,(H2,18,19,20). The Balaban J connectivity index is 1.54. The Kier molecular flexibility index (Phi) is 8.64. The van der Waals surface area contributed by atoms with Crippen molar-refractivity contribution in [3.8, 4) is 0 Å². The van der Waals surface area contributed by atoms with Gasteiger partial charge in [-0.1, -0.05) is 19.3 Å². The predicted octanol–water partition coefficient (Wildman–Crippen LogP) is 1.51. The van der Waals surface area contributed by atoms with Crippen LogP contribution in [0.3, 0.4) is 0 Å². The average molecular weight is 310 g/mol. The van der Waals surface area contributed by atoms with E-state index in [1.54, 1.807) is 0 Å². The Morgan fingerprint density at radius 2 is 1.14 bits per heavy atom. The molecule has 128 valence electrons. The van der Waals surface area contributed by atoms with Crippen molar-refractivity contribution in [2.45, 2.75) is 44.9 Å². The van der Waals surface area contributed by atoms with Crippen LogP contribution in [-0.4, -0.2) is 75.2 Å².